The number of rotatable bonds is 7. The highest BCUT2D eigenvalue weighted by atomic mass is 16.5. The second kappa shape index (κ2) is 5.36. The maximum atomic E-state index is 5.33. The third kappa shape index (κ3) is 3.09. The Morgan fingerprint density at radius 1 is 1.56 bits per heavy atom. The zero-order valence-electron chi connectivity index (χ0n) is 11.7. The lowest BCUT2D eigenvalue weighted by molar-refractivity contribution is 0.162. The van der Waals surface area contributed by atoms with Gasteiger partial charge in [0.15, 0.2) is 5.82 Å². The van der Waals surface area contributed by atoms with E-state index < -0.39 is 0 Å². The molecule has 1 saturated carbocycles. The van der Waals surface area contributed by atoms with Crippen molar-refractivity contribution >= 4 is 0 Å². The zero-order valence-corrected chi connectivity index (χ0v) is 11.7. The van der Waals surface area contributed by atoms with Crippen LogP contribution in [0, 0.1) is 5.41 Å². The predicted molar refractivity (Wildman–Crippen MR) is 68.5 cm³/mol. The molecule has 0 bridgehead atoms. The van der Waals surface area contributed by atoms with Crippen LogP contribution in [-0.4, -0.2) is 36.4 Å². The lowest BCUT2D eigenvalue weighted by Gasteiger charge is -2.14. The van der Waals surface area contributed by atoms with E-state index in [9.17, 15) is 0 Å². The van der Waals surface area contributed by atoms with Crippen LogP contribution >= 0.6 is 0 Å². The summed E-state index contributed by atoms with van der Waals surface area (Å²) in [5.41, 5.74) is 0.342. The quantitative estimate of drug-likeness (QED) is 0.802. The molecule has 1 aliphatic carbocycles. The number of nitrogens with zero attached hydrogens (tertiary/aromatic N) is 2. The summed E-state index contributed by atoms with van der Waals surface area (Å²) < 4.78 is 10.5. The first-order chi connectivity index (χ1) is 8.56. The number of ether oxygens (including phenoxy) is 1. The molecule has 0 aromatic carbocycles. The summed E-state index contributed by atoms with van der Waals surface area (Å²) >= 11 is 0. The number of hydrogen-bond acceptors (Lipinski definition) is 5. The molecular formula is C13H23N3O2. The van der Waals surface area contributed by atoms with E-state index in [1.807, 2.05) is 0 Å². The van der Waals surface area contributed by atoms with Crippen molar-refractivity contribution in [2.75, 3.05) is 20.3 Å². The molecule has 0 amide bonds. The minimum atomic E-state index is 0.237. The lowest BCUT2D eigenvalue weighted by Crippen LogP contribution is -2.35. The fourth-order valence-corrected chi connectivity index (χ4v) is 2.29. The van der Waals surface area contributed by atoms with Gasteiger partial charge in [0.1, 0.15) is 0 Å². The molecule has 1 aliphatic rings. The standard InChI is InChI=1S/C13H23N3O2/c1-5-14-9(8-17-4)6-11-15-12(16-18-11)10-7-13(10,2)3/h9-10,14H,5-8H2,1-4H3. The SMILES string of the molecule is CCNC(COC)Cc1nc(C2CC2(C)C)no1. The molecule has 0 aliphatic heterocycles. The van der Waals surface area contributed by atoms with Gasteiger partial charge >= 0.3 is 0 Å². The van der Waals surface area contributed by atoms with E-state index in [4.69, 9.17) is 9.26 Å². The Morgan fingerprint density at radius 3 is 2.83 bits per heavy atom. The maximum absolute atomic E-state index is 5.33. The summed E-state index contributed by atoms with van der Waals surface area (Å²) in [6.45, 7) is 8.11. The van der Waals surface area contributed by atoms with Crippen LogP contribution in [-0.2, 0) is 11.2 Å². The average molecular weight is 253 g/mol. The molecule has 2 atom stereocenters. The number of nitrogens with one attached hydrogen (secondary N) is 1. The van der Waals surface area contributed by atoms with Crippen molar-refractivity contribution in [3.05, 3.63) is 11.7 Å². The maximum Gasteiger partial charge on any atom is 0.228 e. The third-order valence-electron chi connectivity index (χ3n) is 3.59. The van der Waals surface area contributed by atoms with E-state index in [1.54, 1.807) is 7.11 Å². The van der Waals surface area contributed by atoms with Gasteiger partial charge in [0.2, 0.25) is 5.89 Å². The van der Waals surface area contributed by atoms with Crippen LogP contribution in [0.3, 0.4) is 0 Å². The molecule has 1 N–H and O–H groups in total. The van der Waals surface area contributed by atoms with E-state index in [-0.39, 0.29) is 6.04 Å². The third-order valence-corrected chi connectivity index (χ3v) is 3.59. The minimum Gasteiger partial charge on any atom is -0.383 e. The molecule has 102 valence electrons. The van der Waals surface area contributed by atoms with Crippen LogP contribution < -0.4 is 5.32 Å². The zero-order chi connectivity index (χ0) is 13.2. The van der Waals surface area contributed by atoms with Gasteiger partial charge in [0, 0.05) is 25.5 Å². The molecule has 1 aromatic rings. The van der Waals surface area contributed by atoms with Crippen molar-refractivity contribution in [1.82, 2.24) is 15.5 Å². The lowest BCUT2D eigenvalue weighted by atomic mass is 10.1. The van der Waals surface area contributed by atoms with Crippen molar-refractivity contribution < 1.29 is 9.26 Å². The topological polar surface area (TPSA) is 60.2 Å². The second-order valence-corrected chi connectivity index (χ2v) is 5.71. The van der Waals surface area contributed by atoms with Crippen molar-refractivity contribution in [2.45, 2.75) is 45.6 Å². The van der Waals surface area contributed by atoms with Crippen LogP contribution in [0.5, 0.6) is 0 Å². The van der Waals surface area contributed by atoms with Crippen LogP contribution in [0.15, 0.2) is 4.52 Å². The molecule has 1 aromatic heterocycles. The first kappa shape index (κ1) is 13.5. The highest BCUT2D eigenvalue weighted by Gasteiger charge is 2.49. The summed E-state index contributed by atoms with van der Waals surface area (Å²) in [5, 5.41) is 7.44. The molecule has 2 unspecified atom stereocenters. The van der Waals surface area contributed by atoms with Gasteiger partial charge in [-0.2, -0.15) is 4.98 Å². The largest absolute Gasteiger partial charge is 0.383 e. The first-order valence-corrected chi connectivity index (χ1v) is 6.61. The van der Waals surface area contributed by atoms with Gasteiger partial charge in [-0.15, -0.1) is 0 Å². The van der Waals surface area contributed by atoms with Gasteiger partial charge in [0.05, 0.1) is 6.61 Å². The Labute approximate surface area is 108 Å². The molecule has 18 heavy (non-hydrogen) atoms. The molecule has 0 radical (unpaired) electrons. The number of methoxy groups -OCH3 is 1. The van der Waals surface area contributed by atoms with Crippen molar-refractivity contribution in [2.24, 2.45) is 5.41 Å². The molecule has 5 heteroatoms. The monoisotopic (exact) mass is 253 g/mol. The van der Waals surface area contributed by atoms with Crippen LogP contribution in [0.25, 0.3) is 0 Å². The first-order valence-electron chi connectivity index (χ1n) is 6.61. The van der Waals surface area contributed by atoms with E-state index in [2.05, 4.69) is 36.2 Å². The van der Waals surface area contributed by atoms with Crippen LogP contribution in [0.1, 0.15) is 44.8 Å². The average Bonchev–Trinajstić information content (AvgIpc) is 2.74. The highest BCUT2D eigenvalue weighted by molar-refractivity contribution is 5.14. The van der Waals surface area contributed by atoms with Crippen LogP contribution in [0.4, 0.5) is 0 Å². The highest BCUT2D eigenvalue weighted by Crippen LogP contribution is 2.57. The fourth-order valence-electron chi connectivity index (χ4n) is 2.29. The van der Waals surface area contributed by atoms with Gasteiger partial charge < -0.3 is 14.6 Å². The van der Waals surface area contributed by atoms with Gasteiger partial charge in [-0.25, -0.2) is 0 Å². The summed E-state index contributed by atoms with van der Waals surface area (Å²) in [7, 11) is 1.70. The number of aromatic nitrogens is 2. The van der Waals surface area contributed by atoms with Gasteiger partial charge in [-0.3, -0.25) is 0 Å². The fraction of sp³-hybridized carbons (Fsp3) is 0.846. The summed E-state index contributed by atoms with van der Waals surface area (Å²) in [6, 6.07) is 0.237. The van der Waals surface area contributed by atoms with Gasteiger partial charge in [-0.05, 0) is 18.4 Å². The number of likely N-dealkylation sites (N-methyl/N-ethyl adjacent to an activating group) is 1. The Hall–Kier alpha value is -0.940. The Morgan fingerprint density at radius 2 is 2.28 bits per heavy atom. The molecule has 0 spiro atoms. The van der Waals surface area contributed by atoms with Crippen molar-refractivity contribution in [1.29, 1.82) is 0 Å². The molecule has 1 heterocycles. The predicted octanol–water partition coefficient (Wildman–Crippen LogP) is 1.75. The van der Waals surface area contributed by atoms with E-state index in [0.717, 1.165) is 25.2 Å². The summed E-state index contributed by atoms with van der Waals surface area (Å²) in [4.78, 5) is 4.50. The Kier molecular flexibility index (Phi) is 4.02. The summed E-state index contributed by atoms with van der Waals surface area (Å²) in [5.74, 6) is 2.04. The number of hydrogen-bond donors (Lipinski definition) is 1. The van der Waals surface area contributed by atoms with Crippen molar-refractivity contribution in [3.63, 3.8) is 0 Å². The second-order valence-electron chi connectivity index (χ2n) is 5.71. The summed E-state index contributed by atoms with van der Waals surface area (Å²) in [6.07, 6.45) is 1.88. The smallest absolute Gasteiger partial charge is 0.228 e. The van der Waals surface area contributed by atoms with E-state index in [0.29, 0.717) is 23.8 Å². The normalized spacial score (nSPS) is 23.0. The molecule has 2 rings (SSSR count). The van der Waals surface area contributed by atoms with E-state index in [1.165, 1.54) is 0 Å². The van der Waals surface area contributed by atoms with Gasteiger partial charge in [-0.1, -0.05) is 25.9 Å². The van der Waals surface area contributed by atoms with E-state index >= 15 is 0 Å². The Balaban J connectivity index is 1.93. The Bertz CT molecular complexity index is 383. The van der Waals surface area contributed by atoms with Gasteiger partial charge in [0.25, 0.3) is 0 Å². The minimum absolute atomic E-state index is 0.237. The molecule has 5 nitrogen and oxygen atoms in total. The van der Waals surface area contributed by atoms with Crippen molar-refractivity contribution in [3.8, 4) is 0 Å². The van der Waals surface area contributed by atoms with Crippen LogP contribution in [0.2, 0.25) is 0 Å². The molecule has 1 fully saturated rings. The molecule has 0 saturated heterocycles. The molecular weight excluding hydrogens is 230 g/mol.